The normalized spacial score (nSPS) is 15.2. The quantitative estimate of drug-likeness (QED) is 0.676. The van der Waals surface area contributed by atoms with E-state index < -0.39 is 0 Å². The zero-order chi connectivity index (χ0) is 13.2. The monoisotopic (exact) mass is 273 g/mol. The fourth-order valence-corrected chi connectivity index (χ4v) is 2.75. The highest BCUT2D eigenvalue weighted by molar-refractivity contribution is 6.29. The molecule has 2 heterocycles. The molecule has 98 valence electrons. The van der Waals surface area contributed by atoms with Crippen molar-refractivity contribution in [2.75, 3.05) is 12.3 Å². The van der Waals surface area contributed by atoms with Gasteiger partial charge in [0.15, 0.2) is 0 Å². The molecule has 1 aliphatic rings. The van der Waals surface area contributed by atoms with Crippen LogP contribution in [0.2, 0.25) is 5.15 Å². The number of anilines is 1. The second-order valence-corrected chi connectivity index (χ2v) is 5.28. The Morgan fingerprint density at radius 3 is 2.89 bits per heavy atom. The lowest BCUT2D eigenvalue weighted by Crippen LogP contribution is -2.30. The largest absolute Gasteiger partial charge is 0.398 e. The van der Waals surface area contributed by atoms with E-state index in [4.69, 9.17) is 17.3 Å². The molecule has 2 N–H and O–H groups in total. The van der Waals surface area contributed by atoms with E-state index in [1.807, 2.05) is 24.3 Å². The van der Waals surface area contributed by atoms with E-state index in [0.717, 1.165) is 37.4 Å². The van der Waals surface area contributed by atoms with Crippen LogP contribution in [0.3, 0.4) is 0 Å². The van der Waals surface area contributed by atoms with E-state index in [-0.39, 0.29) is 0 Å². The number of benzene rings is 1. The Labute approximate surface area is 118 Å². The van der Waals surface area contributed by atoms with Crippen LogP contribution in [0.1, 0.15) is 16.8 Å². The summed E-state index contributed by atoms with van der Waals surface area (Å²) in [6.07, 6.45) is 1.04. The number of nitrogens with two attached hydrogens (primary N) is 1. The molecule has 0 spiro atoms. The van der Waals surface area contributed by atoms with Crippen molar-refractivity contribution in [2.24, 2.45) is 0 Å². The second-order valence-electron chi connectivity index (χ2n) is 4.90. The summed E-state index contributed by atoms with van der Waals surface area (Å²) in [5.41, 5.74) is 10.6. The average Bonchev–Trinajstić information content (AvgIpc) is 2.40. The van der Waals surface area contributed by atoms with Crippen molar-refractivity contribution in [2.45, 2.75) is 19.5 Å². The first-order valence-electron chi connectivity index (χ1n) is 6.42. The molecule has 3 rings (SSSR count). The molecule has 0 saturated heterocycles. The first-order chi connectivity index (χ1) is 9.22. The van der Waals surface area contributed by atoms with Crippen molar-refractivity contribution in [3.8, 4) is 0 Å². The molecule has 1 aromatic carbocycles. The molecule has 0 aliphatic carbocycles. The molecular formula is C15H16ClN3. The average molecular weight is 274 g/mol. The first kappa shape index (κ1) is 12.5. The topological polar surface area (TPSA) is 42.1 Å². The summed E-state index contributed by atoms with van der Waals surface area (Å²) in [4.78, 5) is 6.70. The van der Waals surface area contributed by atoms with Crippen LogP contribution in [0.15, 0.2) is 36.4 Å². The van der Waals surface area contributed by atoms with E-state index in [1.54, 1.807) is 6.07 Å². The summed E-state index contributed by atoms with van der Waals surface area (Å²) >= 11 is 5.92. The summed E-state index contributed by atoms with van der Waals surface area (Å²) in [6, 6.07) is 11.9. The highest BCUT2D eigenvalue weighted by Gasteiger charge is 2.18. The Kier molecular flexibility index (Phi) is 3.40. The lowest BCUT2D eigenvalue weighted by molar-refractivity contribution is 0.243. The lowest BCUT2D eigenvalue weighted by atomic mass is 9.98. The van der Waals surface area contributed by atoms with E-state index in [1.165, 1.54) is 11.1 Å². The predicted molar refractivity (Wildman–Crippen MR) is 77.9 cm³/mol. The molecule has 0 unspecified atom stereocenters. The number of pyridine rings is 1. The van der Waals surface area contributed by atoms with Crippen molar-refractivity contribution in [3.63, 3.8) is 0 Å². The highest BCUT2D eigenvalue weighted by Crippen LogP contribution is 2.25. The van der Waals surface area contributed by atoms with E-state index in [0.29, 0.717) is 5.15 Å². The van der Waals surface area contributed by atoms with E-state index in [2.05, 4.69) is 16.0 Å². The molecule has 0 bridgehead atoms. The molecule has 0 fully saturated rings. The van der Waals surface area contributed by atoms with Crippen molar-refractivity contribution in [1.82, 2.24) is 9.88 Å². The standard InChI is InChI=1S/C15H16ClN3/c16-15-6-2-4-12(18-15)9-19-8-7-11-3-1-5-14(17)13(11)10-19/h1-6H,7-10,17H2. The number of halogens is 1. The number of nitrogens with zero attached hydrogens (tertiary/aromatic N) is 2. The third-order valence-corrected chi connectivity index (χ3v) is 3.76. The minimum absolute atomic E-state index is 0.550. The van der Waals surface area contributed by atoms with Crippen LogP contribution in [0.25, 0.3) is 0 Å². The van der Waals surface area contributed by atoms with Crippen molar-refractivity contribution in [1.29, 1.82) is 0 Å². The Hall–Kier alpha value is -1.58. The van der Waals surface area contributed by atoms with Crippen LogP contribution in [-0.4, -0.2) is 16.4 Å². The number of rotatable bonds is 2. The lowest BCUT2D eigenvalue weighted by Gasteiger charge is -2.29. The van der Waals surface area contributed by atoms with Crippen LogP contribution in [0.5, 0.6) is 0 Å². The summed E-state index contributed by atoms with van der Waals surface area (Å²) < 4.78 is 0. The van der Waals surface area contributed by atoms with Crippen LogP contribution < -0.4 is 5.73 Å². The zero-order valence-corrected chi connectivity index (χ0v) is 11.4. The van der Waals surface area contributed by atoms with Gasteiger partial charge in [-0.05, 0) is 35.7 Å². The van der Waals surface area contributed by atoms with Gasteiger partial charge in [-0.15, -0.1) is 0 Å². The predicted octanol–water partition coefficient (Wildman–Crippen LogP) is 2.88. The van der Waals surface area contributed by atoms with Gasteiger partial charge in [0, 0.05) is 25.3 Å². The zero-order valence-electron chi connectivity index (χ0n) is 10.6. The van der Waals surface area contributed by atoms with Crippen LogP contribution >= 0.6 is 11.6 Å². The van der Waals surface area contributed by atoms with Crippen molar-refractivity contribution < 1.29 is 0 Å². The summed E-state index contributed by atoms with van der Waals surface area (Å²) in [5.74, 6) is 0. The van der Waals surface area contributed by atoms with Gasteiger partial charge in [0.05, 0.1) is 5.69 Å². The molecule has 0 radical (unpaired) electrons. The number of aromatic nitrogens is 1. The smallest absolute Gasteiger partial charge is 0.129 e. The van der Waals surface area contributed by atoms with Gasteiger partial charge in [0.2, 0.25) is 0 Å². The van der Waals surface area contributed by atoms with Gasteiger partial charge >= 0.3 is 0 Å². The molecule has 2 aromatic rings. The minimum atomic E-state index is 0.550. The summed E-state index contributed by atoms with van der Waals surface area (Å²) in [7, 11) is 0. The van der Waals surface area contributed by atoms with Gasteiger partial charge in [-0.1, -0.05) is 29.8 Å². The molecule has 4 heteroatoms. The van der Waals surface area contributed by atoms with Gasteiger partial charge in [-0.25, -0.2) is 4.98 Å². The van der Waals surface area contributed by atoms with Crippen LogP contribution in [-0.2, 0) is 19.5 Å². The first-order valence-corrected chi connectivity index (χ1v) is 6.80. The Bertz CT molecular complexity index is 598. The molecule has 3 nitrogen and oxygen atoms in total. The second kappa shape index (κ2) is 5.19. The minimum Gasteiger partial charge on any atom is -0.398 e. The molecule has 1 aliphatic heterocycles. The fourth-order valence-electron chi connectivity index (χ4n) is 2.57. The fraction of sp³-hybridized carbons (Fsp3) is 0.267. The highest BCUT2D eigenvalue weighted by atomic mass is 35.5. The van der Waals surface area contributed by atoms with Crippen LogP contribution in [0.4, 0.5) is 5.69 Å². The maximum Gasteiger partial charge on any atom is 0.129 e. The summed E-state index contributed by atoms with van der Waals surface area (Å²) in [6.45, 7) is 2.73. The third-order valence-electron chi connectivity index (χ3n) is 3.55. The van der Waals surface area contributed by atoms with Gasteiger partial charge in [-0.3, -0.25) is 4.90 Å². The molecule has 0 atom stereocenters. The molecule has 0 saturated carbocycles. The molecular weight excluding hydrogens is 258 g/mol. The van der Waals surface area contributed by atoms with Crippen LogP contribution in [0, 0.1) is 0 Å². The Balaban J connectivity index is 1.77. The SMILES string of the molecule is Nc1cccc2c1CN(Cc1cccc(Cl)n1)CC2. The molecule has 0 amide bonds. The maximum atomic E-state index is 6.06. The number of fused-ring (bicyclic) bond motifs is 1. The van der Waals surface area contributed by atoms with E-state index in [9.17, 15) is 0 Å². The van der Waals surface area contributed by atoms with Gasteiger partial charge in [0.25, 0.3) is 0 Å². The number of nitrogen functional groups attached to an aromatic ring is 1. The molecule has 19 heavy (non-hydrogen) atoms. The van der Waals surface area contributed by atoms with E-state index >= 15 is 0 Å². The maximum absolute atomic E-state index is 6.06. The van der Waals surface area contributed by atoms with Crippen molar-refractivity contribution in [3.05, 3.63) is 58.4 Å². The Morgan fingerprint density at radius 2 is 2.05 bits per heavy atom. The van der Waals surface area contributed by atoms with Gasteiger partial charge < -0.3 is 5.73 Å². The molecule has 1 aromatic heterocycles. The number of hydrogen-bond acceptors (Lipinski definition) is 3. The van der Waals surface area contributed by atoms with Gasteiger partial charge in [-0.2, -0.15) is 0 Å². The van der Waals surface area contributed by atoms with Gasteiger partial charge in [0.1, 0.15) is 5.15 Å². The van der Waals surface area contributed by atoms with Crippen molar-refractivity contribution >= 4 is 17.3 Å². The Morgan fingerprint density at radius 1 is 1.21 bits per heavy atom. The number of hydrogen-bond donors (Lipinski definition) is 1. The summed E-state index contributed by atoms with van der Waals surface area (Å²) in [5, 5.41) is 0.550. The third kappa shape index (κ3) is 2.72.